The average molecular weight is 290 g/mol. The molecule has 0 atom stereocenters. The van der Waals surface area contributed by atoms with Crippen LogP contribution in [0.3, 0.4) is 0 Å². The molecule has 0 saturated heterocycles. The first kappa shape index (κ1) is 14.4. The molecular weight excluding hydrogens is 272 g/mol. The van der Waals surface area contributed by atoms with Crippen LogP contribution in [0.2, 0.25) is 0 Å². The van der Waals surface area contributed by atoms with E-state index in [0.29, 0.717) is 6.42 Å². The minimum Gasteiger partial charge on any atom is -0.293 e. The largest absolute Gasteiger partial charge is 0.293 e. The van der Waals surface area contributed by atoms with Crippen molar-refractivity contribution in [3.63, 3.8) is 0 Å². The molecule has 1 heterocycles. The third-order valence-electron chi connectivity index (χ3n) is 2.95. The number of thiophene rings is 1. The van der Waals surface area contributed by atoms with E-state index in [4.69, 9.17) is 0 Å². The van der Waals surface area contributed by atoms with Gasteiger partial charge in [0.25, 0.3) is 0 Å². The normalized spacial score (nSPS) is 10.6. The predicted molar refractivity (Wildman–Crippen MR) is 84.5 cm³/mol. The monoisotopic (exact) mass is 290 g/mol. The Morgan fingerprint density at radius 3 is 2.84 bits per heavy atom. The van der Waals surface area contributed by atoms with Gasteiger partial charge in [0.2, 0.25) is 0 Å². The Morgan fingerprint density at radius 1 is 1.26 bits per heavy atom. The lowest BCUT2D eigenvalue weighted by Crippen LogP contribution is -1.96. The van der Waals surface area contributed by atoms with Gasteiger partial charge in [0.1, 0.15) is 0 Å². The fourth-order valence-electron chi connectivity index (χ4n) is 1.84. The van der Waals surface area contributed by atoms with Crippen LogP contribution in [-0.4, -0.2) is 11.5 Å². The lowest BCUT2D eigenvalue weighted by Gasteiger charge is -2.06. The quantitative estimate of drug-likeness (QED) is 0.417. The summed E-state index contributed by atoms with van der Waals surface area (Å²) < 4.78 is 0. The summed E-state index contributed by atoms with van der Waals surface area (Å²) in [6.45, 7) is 4.25. The molecule has 100 valence electrons. The molecule has 0 spiro atoms. The number of benzene rings is 1. The number of carbonyl (C=O) groups is 1. The predicted octanol–water partition coefficient (Wildman–Crippen LogP) is 5.12. The molecule has 0 radical (unpaired) electrons. The van der Waals surface area contributed by atoms with Crippen molar-refractivity contribution in [2.24, 2.45) is 0 Å². The molecule has 1 nitrogen and oxygen atoms in total. The second-order valence-electron chi connectivity index (χ2n) is 4.62. The molecule has 0 amide bonds. The molecule has 2 rings (SSSR count). The highest BCUT2D eigenvalue weighted by Crippen LogP contribution is 2.25. The zero-order valence-corrected chi connectivity index (χ0v) is 12.9. The molecule has 0 aliphatic rings. The minimum absolute atomic E-state index is 0.275. The van der Waals surface area contributed by atoms with Crippen molar-refractivity contribution in [2.45, 2.75) is 31.6 Å². The molecular formula is C16H18OS2. The number of hydrogen-bond donors (Lipinski definition) is 0. The topological polar surface area (TPSA) is 17.1 Å². The number of Topliss-reactive ketones (excluding diaryl/α,β-unsaturated/α-hetero) is 1. The smallest absolute Gasteiger partial charge is 0.172 e. The standard InChI is InChI=1S/C16H18OS2/c1-12-7-8-13(2)16(11-12)19-9-3-5-14(17)15-6-4-10-18-15/h4,6-8,10-11H,3,5,9H2,1-2H3. The summed E-state index contributed by atoms with van der Waals surface area (Å²) >= 11 is 3.39. The number of carbonyl (C=O) groups excluding carboxylic acids is 1. The minimum atomic E-state index is 0.275. The molecule has 0 bridgehead atoms. The van der Waals surface area contributed by atoms with E-state index in [1.54, 1.807) is 0 Å². The van der Waals surface area contributed by atoms with E-state index in [1.165, 1.54) is 27.4 Å². The summed E-state index contributed by atoms with van der Waals surface area (Å²) in [5.41, 5.74) is 2.61. The summed E-state index contributed by atoms with van der Waals surface area (Å²) in [6.07, 6.45) is 1.59. The Morgan fingerprint density at radius 2 is 2.11 bits per heavy atom. The van der Waals surface area contributed by atoms with Gasteiger partial charge in [-0.1, -0.05) is 23.8 Å². The van der Waals surface area contributed by atoms with Crippen LogP contribution >= 0.6 is 23.1 Å². The second-order valence-corrected chi connectivity index (χ2v) is 6.71. The van der Waals surface area contributed by atoms with Crippen LogP contribution in [0.1, 0.15) is 33.6 Å². The van der Waals surface area contributed by atoms with E-state index < -0.39 is 0 Å². The summed E-state index contributed by atoms with van der Waals surface area (Å²) in [5, 5.41) is 1.96. The van der Waals surface area contributed by atoms with Gasteiger partial charge in [0, 0.05) is 11.3 Å². The molecule has 0 fully saturated rings. The zero-order valence-electron chi connectivity index (χ0n) is 11.3. The van der Waals surface area contributed by atoms with Gasteiger partial charge in [-0.25, -0.2) is 0 Å². The van der Waals surface area contributed by atoms with Crippen molar-refractivity contribution in [3.05, 3.63) is 51.7 Å². The van der Waals surface area contributed by atoms with Crippen LogP contribution in [0.25, 0.3) is 0 Å². The zero-order chi connectivity index (χ0) is 13.7. The maximum absolute atomic E-state index is 11.8. The van der Waals surface area contributed by atoms with Crippen molar-refractivity contribution in [2.75, 3.05) is 5.75 Å². The molecule has 0 N–H and O–H groups in total. The molecule has 0 aliphatic heterocycles. The van der Waals surface area contributed by atoms with Crippen LogP contribution in [-0.2, 0) is 0 Å². The van der Waals surface area contributed by atoms with Gasteiger partial charge in [-0.15, -0.1) is 23.1 Å². The highest BCUT2D eigenvalue weighted by Gasteiger charge is 2.06. The van der Waals surface area contributed by atoms with Crippen LogP contribution in [0, 0.1) is 13.8 Å². The molecule has 3 heteroatoms. The van der Waals surface area contributed by atoms with Crippen LogP contribution in [0.5, 0.6) is 0 Å². The van der Waals surface area contributed by atoms with Crippen molar-refractivity contribution < 1.29 is 4.79 Å². The van der Waals surface area contributed by atoms with E-state index >= 15 is 0 Å². The lowest BCUT2D eigenvalue weighted by atomic mass is 10.2. The number of thioether (sulfide) groups is 1. The van der Waals surface area contributed by atoms with E-state index in [2.05, 4.69) is 32.0 Å². The van der Waals surface area contributed by atoms with Crippen LogP contribution < -0.4 is 0 Å². The van der Waals surface area contributed by atoms with Gasteiger partial charge in [-0.05, 0) is 49.1 Å². The maximum Gasteiger partial charge on any atom is 0.172 e. The number of aryl methyl sites for hydroxylation is 2. The molecule has 0 aliphatic carbocycles. The van der Waals surface area contributed by atoms with Gasteiger partial charge < -0.3 is 0 Å². The molecule has 19 heavy (non-hydrogen) atoms. The lowest BCUT2D eigenvalue weighted by molar-refractivity contribution is 0.0986. The Hall–Kier alpha value is -1.06. The van der Waals surface area contributed by atoms with Gasteiger partial charge in [0.15, 0.2) is 5.78 Å². The van der Waals surface area contributed by atoms with Crippen molar-refractivity contribution >= 4 is 28.9 Å². The molecule has 2 aromatic rings. The van der Waals surface area contributed by atoms with Gasteiger partial charge in [-0.2, -0.15) is 0 Å². The SMILES string of the molecule is Cc1ccc(C)c(SCCCC(=O)c2cccs2)c1. The van der Waals surface area contributed by atoms with Crippen molar-refractivity contribution in [1.82, 2.24) is 0 Å². The number of hydrogen-bond acceptors (Lipinski definition) is 3. The van der Waals surface area contributed by atoms with Gasteiger partial charge in [0.05, 0.1) is 4.88 Å². The van der Waals surface area contributed by atoms with Crippen molar-refractivity contribution in [3.8, 4) is 0 Å². The van der Waals surface area contributed by atoms with Gasteiger partial charge in [-0.3, -0.25) is 4.79 Å². The van der Waals surface area contributed by atoms with Crippen molar-refractivity contribution in [1.29, 1.82) is 0 Å². The third kappa shape index (κ3) is 4.22. The average Bonchev–Trinajstić information content (AvgIpc) is 2.92. The fourth-order valence-corrected chi connectivity index (χ4v) is 3.61. The molecule has 0 saturated carbocycles. The van der Waals surface area contributed by atoms with Crippen LogP contribution in [0.15, 0.2) is 40.6 Å². The highest BCUT2D eigenvalue weighted by molar-refractivity contribution is 7.99. The second kappa shape index (κ2) is 6.92. The number of ketones is 1. The summed E-state index contributed by atoms with van der Waals surface area (Å²) in [7, 11) is 0. The van der Waals surface area contributed by atoms with E-state index in [0.717, 1.165) is 17.1 Å². The Kier molecular flexibility index (Phi) is 5.23. The molecule has 0 unspecified atom stereocenters. The summed E-state index contributed by atoms with van der Waals surface area (Å²) in [5.74, 6) is 1.28. The van der Waals surface area contributed by atoms with E-state index in [9.17, 15) is 4.79 Å². The van der Waals surface area contributed by atoms with E-state index in [1.807, 2.05) is 29.3 Å². The van der Waals surface area contributed by atoms with Gasteiger partial charge >= 0.3 is 0 Å². The molecule has 1 aromatic carbocycles. The fraction of sp³-hybridized carbons (Fsp3) is 0.312. The summed E-state index contributed by atoms with van der Waals surface area (Å²) in [6, 6.07) is 10.4. The first-order valence-electron chi connectivity index (χ1n) is 6.43. The Labute approximate surface area is 123 Å². The highest BCUT2D eigenvalue weighted by atomic mass is 32.2. The van der Waals surface area contributed by atoms with Crippen LogP contribution in [0.4, 0.5) is 0 Å². The first-order valence-corrected chi connectivity index (χ1v) is 8.30. The molecule has 1 aromatic heterocycles. The maximum atomic E-state index is 11.8. The Bertz CT molecular complexity index is 544. The Balaban J connectivity index is 1.78. The van der Waals surface area contributed by atoms with E-state index in [-0.39, 0.29) is 5.78 Å². The third-order valence-corrected chi connectivity index (χ3v) is 5.10. The number of rotatable bonds is 6. The first-order chi connectivity index (χ1) is 9.16. The summed E-state index contributed by atoms with van der Waals surface area (Å²) in [4.78, 5) is 14.1.